The van der Waals surface area contributed by atoms with Crippen molar-refractivity contribution in [3.8, 4) is 0 Å². The number of nitrogens with one attached hydrogen (secondary N) is 1. The van der Waals surface area contributed by atoms with Gasteiger partial charge in [0.25, 0.3) is 0 Å². The molecule has 7 heteroatoms. The van der Waals surface area contributed by atoms with Gasteiger partial charge in [0.15, 0.2) is 0 Å². The zero-order valence-electron chi connectivity index (χ0n) is 12.8. The molecule has 0 fully saturated rings. The van der Waals surface area contributed by atoms with E-state index in [-0.39, 0.29) is 10.8 Å². The van der Waals surface area contributed by atoms with Gasteiger partial charge in [0.05, 0.1) is 10.9 Å². The minimum Gasteiger partial charge on any atom is -0.325 e. The van der Waals surface area contributed by atoms with Gasteiger partial charge in [-0.1, -0.05) is 13.8 Å². The van der Waals surface area contributed by atoms with Crippen LogP contribution in [0.5, 0.6) is 0 Å². The molecule has 118 valence electrons. The topological polar surface area (TPSA) is 92.5 Å². The fraction of sp³-hybridized carbons (Fsp3) is 0.500. The van der Waals surface area contributed by atoms with Crippen LogP contribution in [-0.2, 0) is 14.8 Å². The smallest absolute Gasteiger partial charge is 0.242 e. The first-order valence-corrected chi connectivity index (χ1v) is 8.17. The van der Waals surface area contributed by atoms with Crippen molar-refractivity contribution < 1.29 is 13.2 Å². The van der Waals surface area contributed by atoms with Crippen molar-refractivity contribution in [1.29, 1.82) is 0 Å². The monoisotopic (exact) mass is 313 g/mol. The molecule has 21 heavy (non-hydrogen) atoms. The quantitative estimate of drug-likeness (QED) is 0.826. The number of benzene rings is 1. The fourth-order valence-electron chi connectivity index (χ4n) is 1.77. The molecule has 1 amide bonds. The predicted molar refractivity (Wildman–Crippen MR) is 83.4 cm³/mol. The average Bonchev–Trinajstić information content (AvgIpc) is 2.38. The molecule has 0 aliphatic rings. The molecule has 0 saturated carbocycles. The first-order chi connectivity index (χ1) is 9.64. The number of amides is 1. The largest absolute Gasteiger partial charge is 0.325 e. The maximum absolute atomic E-state index is 11.9. The normalized spacial score (nSPS) is 13.5. The van der Waals surface area contributed by atoms with E-state index < -0.39 is 16.1 Å². The third kappa shape index (κ3) is 4.80. The van der Waals surface area contributed by atoms with E-state index in [0.717, 1.165) is 4.31 Å². The molecular formula is C14H23N3O3S. The molecular weight excluding hydrogens is 290 g/mol. The molecule has 3 N–H and O–H groups in total. The Balaban J connectivity index is 2.78. The molecule has 1 atom stereocenters. The molecule has 0 heterocycles. The van der Waals surface area contributed by atoms with Crippen molar-refractivity contribution in [3.05, 3.63) is 24.3 Å². The Morgan fingerprint density at radius 2 is 1.76 bits per heavy atom. The van der Waals surface area contributed by atoms with Crippen LogP contribution < -0.4 is 11.1 Å². The number of carbonyl (C=O) groups excluding carboxylic acids is 1. The minimum atomic E-state index is -3.46. The number of hydrogen-bond donors (Lipinski definition) is 2. The molecule has 0 aliphatic heterocycles. The van der Waals surface area contributed by atoms with Crippen molar-refractivity contribution in [2.24, 2.45) is 11.7 Å². The van der Waals surface area contributed by atoms with E-state index in [0.29, 0.717) is 18.0 Å². The van der Waals surface area contributed by atoms with Crippen LogP contribution in [0.1, 0.15) is 20.3 Å². The van der Waals surface area contributed by atoms with Crippen LogP contribution in [-0.4, -0.2) is 38.8 Å². The molecule has 0 saturated heterocycles. The number of carbonyl (C=O) groups is 1. The van der Waals surface area contributed by atoms with Crippen molar-refractivity contribution in [2.45, 2.75) is 31.2 Å². The van der Waals surface area contributed by atoms with Gasteiger partial charge < -0.3 is 11.1 Å². The van der Waals surface area contributed by atoms with Crippen LogP contribution in [0.25, 0.3) is 0 Å². The number of hydrogen-bond acceptors (Lipinski definition) is 4. The molecule has 0 bridgehead atoms. The lowest BCUT2D eigenvalue weighted by Gasteiger charge is -2.15. The highest BCUT2D eigenvalue weighted by molar-refractivity contribution is 7.89. The van der Waals surface area contributed by atoms with Crippen LogP contribution in [0.2, 0.25) is 0 Å². The number of rotatable bonds is 6. The summed E-state index contributed by atoms with van der Waals surface area (Å²) in [6, 6.07) is 5.44. The minimum absolute atomic E-state index is 0.178. The van der Waals surface area contributed by atoms with E-state index in [4.69, 9.17) is 5.73 Å². The van der Waals surface area contributed by atoms with Crippen LogP contribution in [0.4, 0.5) is 5.69 Å². The van der Waals surface area contributed by atoms with Crippen LogP contribution in [0.15, 0.2) is 29.2 Å². The standard InChI is InChI=1S/C14H23N3O3S/c1-10(2)9-13(15)14(18)16-11-5-7-12(8-6-11)21(19,20)17(3)4/h5-8,10,13H,9,15H2,1-4H3,(H,16,18)/t13-/m1/s1. The highest BCUT2D eigenvalue weighted by Gasteiger charge is 2.18. The molecule has 0 unspecified atom stereocenters. The van der Waals surface area contributed by atoms with Crippen LogP contribution >= 0.6 is 0 Å². The lowest BCUT2D eigenvalue weighted by Crippen LogP contribution is -2.36. The Labute approximate surface area is 126 Å². The lowest BCUT2D eigenvalue weighted by molar-refractivity contribution is -0.117. The molecule has 0 aliphatic carbocycles. The van der Waals surface area contributed by atoms with Gasteiger partial charge >= 0.3 is 0 Å². The number of sulfonamides is 1. The molecule has 1 aromatic rings. The summed E-state index contributed by atoms with van der Waals surface area (Å²) in [7, 11) is -0.522. The van der Waals surface area contributed by atoms with E-state index in [2.05, 4.69) is 5.32 Å². The van der Waals surface area contributed by atoms with Gasteiger partial charge in [0.2, 0.25) is 15.9 Å². The summed E-state index contributed by atoms with van der Waals surface area (Å²) in [5, 5.41) is 2.68. The predicted octanol–water partition coefficient (Wildman–Crippen LogP) is 1.25. The van der Waals surface area contributed by atoms with Gasteiger partial charge in [-0.2, -0.15) is 0 Å². The molecule has 6 nitrogen and oxygen atoms in total. The van der Waals surface area contributed by atoms with E-state index in [1.165, 1.54) is 26.2 Å². The molecule has 0 aromatic heterocycles. The van der Waals surface area contributed by atoms with Gasteiger partial charge in [0.1, 0.15) is 0 Å². The van der Waals surface area contributed by atoms with Gasteiger partial charge in [-0.3, -0.25) is 4.79 Å². The Hall–Kier alpha value is -1.44. The fourth-order valence-corrected chi connectivity index (χ4v) is 2.67. The van der Waals surface area contributed by atoms with Gasteiger partial charge in [0, 0.05) is 19.8 Å². The number of nitrogens with two attached hydrogens (primary N) is 1. The third-order valence-corrected chi connectivity index (χ3v) is 4.79. The summed E-state index contributed by atoms with van der Waals surface area (Å²) >= 11 is 0. The van der Waals surface area contributed by atoms with E-state index >= 15 is 0 Å². The third-order valence-electron chi connectivity index (χ3n) is 2.96. The summed E-state index contributed by atoms with van der Waals surface area (Å²) in [5.74, 6) is 0.0604. The maximum atomic E-state index is 11.9. The van der Waals surface area contributed by atoms with Gasteiger partial charge in [-0.25, -0.2) is 12.7 Å². The van der Waals surface area contributed by atoms with Crippen molar-refractivity contribution in [2.75, 3.05) is 19.4 Å². The Kier molecular flexibility index (Phi) is 5.88. The Morgan fingerprint density at radius 3 is 2.19 bits per heavy atom. The molecule has 1 aromatic carbocycles. The summed E-state index contributed by atoms with van der Waals surface area (Å²) in [6.45, 7) is 3.99. The van der Waals surface area contributed by atoms with E-state index in [1.54, 1.807) is 12.1 Å². The first kappa shape index (κ1) is 17.6. The zero-order chi connectivity index (χ0) is 16.2. The van der Waals surface area contributed by atoms with E-state index in [1.807, 2.05) is 13.8 Å². The highest BCUT2D eigenvalue weighted by atomic mass is 32.2. The second-order valence-electron chi connectivity index (χ2n) is 5.54. The summed E-state index contributed by atoms with van der Waals surface area (Å²) < 4.78 is 25.0. The summed E-state index contributed by atoms with van der Waals surface area (Å²) in [4.78, 5) is 12.1. The molecule has 0 spiro atoms. The van der Waals surface area contributed by atoms with Crippen molar-refractivity contribution in [3.63, 3.8) is 0 Å². The van der Waals surface area contributed by atoms with Crippen LogP contribution in [0.3, 0.4) is 0 Å². The lowest BCUT2D eigenvalue weighted by atomic mass is 10.0. The molecule has 0 radical (unpaired) electrons. The highest BCUT2D eigenvalue weighted by Crippen LogP contribution is 2.17. The molecule has 1 rings (SSSR count). The second kappa shape index (κ2) is 7.02. The summed E-state index contributed by atoms with van der Waals surface area (Å²) in [6.07, 6.45) is 0.596. The number of nitrogens with zero attached hydrogens (tertiary/aromatic N) is 1. The SMILES string of the molecule is CC(C)C[C@@H](N)C(=O)Nc1ccc(S(=O)(=O)N(C)C)cc1. The number of anilines is 1. The van der Waals surface area contributed by atoms with Gasteiger partial charge in [-0.15, -0.1) is 0 Å². The van der Waals surface area contributed by atoms with Crippen LogP contribution in [0, 0.1) is 5.92 Å². The van der Waals surface area contributed by atoms with E-state index in [9.17, 15) is 13.2 Å². The summed E-state index contributed by atoms with van der Waals surface area (Å²) in [5.41, 5.74) is 6.32. The average molecular weight is 313 g/mol. The van der Waals surface area contributed by atoms with Gasteiger partial charge in [-0.05, 0) is 36.6 Å². The maximum Gasteiger partial charge on any atom is 0.242 e. The Bertz CT molecular complexity index is 580. The van der Waals surface area contributed by atoms with Crippen molar-refractivity contribution >= 4 is 21.6 Å². The first-order valence-electron chi connectivity index (χ1n) is 6.73. The second-order valence-corrected chi connectivity index (χ2v) is 7.69. The van der Waals surface area contributed by atoms with Crippen molar-refractivity contribution in [1.82, 2.24) is 4.31 Å². The zero-order valence-corrected chi connectivity index (χ0v) is 13.6. The Morgan fingerprint density at radius 1 is 1.24 bits per heavy atom.